The van der Waals surface area contributed by atoms with Crippen molar-refractivity contribution in [2.75, 3.05) is 0 Å². The second-order valence-electron chi connectivity index (χ2n) is 5.18. The van der Waals surface area contributed by atoms with Gasteiger partial charge in [-0.25, -0.2) is 4.68 Å². The number of rotatable bonds is 4. The molecule has 22 heavy (non-hydrogen) atoms. The van der Waals surface area contributed by atoms with Crippen molar-refractivity contribution in [3.05, 3.63) is 76.6 Å². The molecular weight excluding hydrogens is 274 g/mol. The van der Waals surface area contributed by atoms with E-state index < -0.39 is 0 Å². The van der Waals surface area contributed by atoms with Crippen LogP contribution in [0, 0.1) is 18.3 Å². The monoisotopic (exact) mass is 289 g/mol. The fourth-order valence-corrected chi connectivity index (χ4v) is 2.29. The van der Waals surface area contributed by atoms with Crippen LogP contribution < -0.4 is 0 Å². The lowest BCUT2D eigenvalue weighted by molar-refractivity contribution is 0.624. The van der Waals surface area contributed by atoms with Gasteiger partial charge in [-0.1, -0.05) is 48.0 Å². The molecule has 2 aromatic carbocycles. The second kappa shape index (κ2) is 6.19. The van der Waals surface area contributed by atoms with Gasteiger partial charge in [0.05, 0.1) is 18.2 Å². The molecule has 1 heterocycles. The van der Waals surface area contributed by atoms with Crippen molar-refractivity contribution in [3.8, 4) is 6.07 Å². The van der Waals surface area contributed by atoms with Gasteiger partial charge >= 0.3 is 0 Å². The van der Waals surface area contributed by atoms with E-state index in [9.17, 15) is 0 Å². The Bertz CT molecular complexity index is 812. The lowest BCUT2D eigenvalue weighted by atomic mass is 10.1. The van der Waals surface area contributed by atoms with E-state index in [1.807, 2.05) is 18.2 Å². The van der Waals surface area contributed by atoms with E-state index in [1.165, 1.54) is 5.56 Å². The van der Waals surface area contributed by atoms with Gasteiger partial charge in [0.15, 0.2) is 5.82 Å². The standard InChI is InChI=1S/C17H15N5/c1-13-6-8-14(9-7-13)10-17-19-20-21-22(17)12-16-5-3-2-4-15(16)11-18/h2-9H,10,12H2,1H3. The molecule has 0 amide bonds. The molecule has 0 aliphatic rings. The SMILES string of the molecule is Cc1ccc(Cc2nnnn2Cc2ccccc2C#N)cc1. The normalized spacial score (nSPS) is 10.4. The quantitative estimate of drug-likeness (QED) is 0.740. The second-order valence-corrected chi connectivity index (χ2v) is 5.18. The first-order valence-corrected chi connectivity index (χ1v) is 7.05. The average Bonchev–Trinajstić information content (AvgIpc) is 2.97. The molecule has 3 rings (SSSR count). The highest BCUT2D eigenvalue weighted by molar-refractivity contribution is 5.37. The van der Waals surface area contributed by atoms with E-state index in [0.717, 1.165) is 17.0 Å². The number of nitriles is 1. The minimum absolute atomic E-state index is 0.498. The van der Waals surface area contributed by atoms with Crippen LogP contribution in [0.15, 0.2) is 48.5 Å². The Labute approximate surface area is 128 Å². The van der Waals surface area contributed by atoms with Gasteiger partial charge < -0.3 is 0 Å². The third kappa shape index (κ3) is 3.01. The first-order valence-electron chi connectivity index (χ1n) is 7.05. The Morgan fingerprint density at radius 1 is 1.09 bits per heavy atom. The smallest absolute Gasteiger partial charge is 0.156 e. The van der Waals surface area contributed by atoms with Crippen LogP contribution in [0.3, 0.4) is 0 Å². The molecule has 0 saturated carbocycles. The molecule has 5 nitrogen and oxygen atoms in total. The molecule has 0 aliphatic carbocycles. The minimum Gasteiger partial charge on any atom is -0.225 e. The maximum atomic E-state index is 9.17. The predicted octanol–water partition coefficient (Wildman–Crippen LogP) is 2.49. The van der Waals surface area contributed by atoms with E-state index in [1.54, 1.807) is 10.7 Å². The fraction of sp³-hybridized carbons (Fsp3) is 0.176. The molecule has 1 aromatic heterocycles. The molecule has 108 valence electrons. The molecule has 0 spiro atoms. The van der Waals surface area contributed by atoms with Crippen LogP contribution in [0.5, 0.6) is 0 Å². The number of hydrogen-bond acceptors (Lipinski definition) is 4. The van der Waals surface area contributed by atoms with Crippen molar-refractivity contribution < 1.29 is 0 Å². The summed E-state index contributed by atoms with van der Waals surface area (Å²) < 4.78 is 1.75. The summed E-state index contributed by atoms with van der Waals surface area (Å²) >= 11 is 0. The van der Waals surface area contributed by atoms with Gasteiger partial charge in [-0.2, -0.15) is 5.26 Å². The summed E-state index contributed by atoms with van der Waals surface area (Å²) in [4.78, 5) is 0. The molecule has 0 fully saturated rings. The molecular formula is C17H15N5. The highest BCUT2D eigenvalue weighted by atomic mass is 15.5. The number of benzene rings is 2. The molecule has 0 unspecified atom stereocenters. The van der Waals surface area contributed by atoms with Crippen LogP contribution in [0.4, 0.5) is 0 Å². The van der Waals surface area contributed by atoms with E-state index in [4.69, 9.17) is 5.26 Å². The van der Waals surface area contributed by atoms with Crippen LogP contribution in [-0.2, 0) is 13.0 Å². The van der Waals surface area contributed by atoms with Gasteiger partial charge in [0.1, 0.15) is 0 Å². The van der Waals surface area contributed by atoms with Crippen molar-refractivity contribution in [2.24, 2.45) is 0 Å². The number of tetrazole rings is 1. The molecule has 0 atom stereocenters. The summed E-state index contributed by atoms with van der Waals surface area (Å²) in [5.74, 6) is 0.789. The van der Waals surface area contributed by atoms with Crippen molar-refractivity contribution in [2.45, 2.75) is 19.9 Å². The fourth-order valence-electron chi connectivity index (χ4n) is 2.29. The summed E-state index contributed by atoms with van der Waals surface area (Å²) in [7, 11) is 0. The third-order valence-corrected chi connectivity index (χ3v) is 3.55. The van der Waals surface area contributed by atoms with Crippen molar-refractivity contribution >= 4 is 0 Å². The van der Waals surface area contributed by atoms with E-state index >= 15 is 0 Å². The molecule has 5 heteroatoms. The lowest BCUT2D eigenvalue weighted by Crippen LogP contribution is -2.09. The summed E-state index contributed by atoms with van der Waals surface area (Å²) in [6.07, 6.45) is 0.669. The van der Waals surface area contributed by atoms with Crippen LogP contribution in [0.1, 0.15) is 28.1 Å². The van der Waals surface area contributed by atoms with E-state index in [-0.39, 0.29) is 0 Å². The molecule has 0 N–H and O–H groups in total. The largest absolute Gasteiger partial charge is 0.225 e. The van der Waals surface area contributed by atoms with E-state index in [2.05, 4.69) is 52.8 Å². The van der Waals surface area contributed by atoms with Crippen LogP contribution >= 0.6 is 0 Å². The zero-order valence-corrected chi connectivity index (χ0v) is 12.3. The van der Waals surface area contributed by atoms with Gasteiger partial charge in [0.2, 0.25) is 0 Å². The Morgan fingerprint density at radius 3 is 2.64 bits per heavy atom. The third-order valence-electron chi connectivity index (χ3n) is 3.55. The topological polar surface area (TPSA) is 67.4 Å². The van der Waals surface area contributed by atoms with Gasteiger partial charge in [0.25, 0.3) is 0 Å². The zero-order valence-electron chi connectivity index (χ0n) is 12.3. The summed E-state index contributed by atoms with van der Waals surface area (Å²) in [5, 5.41) is 21.1. The highest BCUT2D eigenvalue weighted by Crippen LogP contribution is 2.12. The van der Waals surface area contributed by atoms with Crippen LogP contribution in [0.2, 0.25) is 0 Å². The lowest BCUT2D eigenvalue weighted by Gasteiger charge is -2.06. The van der Waals surface area contributed by atoms with Crippen molar-refractivity contribution in [1.29, 1.82) is 5.26 Å². The minimum atomic E-state index is 0.498. The van der Waals surface area contributed by atoms with Gasteiger partial charge in [0, 0.05) is 6.42 Å². The zero-order chi connectivity index (χ0) is 15.4. The predicted molar refractivity (Wildman–Crippen MR) is 82.1 cm³/mol. The van der Waals surface area contributed by atoms with Gasteiger partial charge in [-0.3, -0.25) is 0 Å². The first kappa shape index (κ1) is 14.0. The van der Waals surface area contributed by atoms with Gasteiger partial charge in [-0.15, -0.1) is 5.10 Å². The van der Waals surface area contributed by atoms with Crippen LogP contribution in [0.25, 0.3) is 0 Å². The Balaban J connectivity index is 1.83. The Kier molecular flexibility index (Phi) is 3.92. The Hall–Kier alpha value is -3.00. The van der Waals surface area contributed by atoms with E-state index in [0.29, 0.717) is 18.5 Å². The maximum Gasteiger partial charge on any atom is 0.156 e. The van der Waals surface area contributed by atoms with Crippen molar-refractivity contribution in [1.82, 2.24) is 20.2 Å². The summed E-state index contributed by atoms with van der Waals surface area (Å²) in [5.41, 5.74) is 3.96. The summed E-state index contributed by atoms with van der Waals surface area (Å²) in [6.45, 7) is 2.56. The number of aromatic nitrogens is 4. The Morgan fingerprint density at radius 2 is 1.86 bits per heavy atom. The molecule has 0 aliphatic heterocycles. The van der Waals surface area contributed by atoms with Crippen molar-refractivity contribution in [3.63, 3.8) is 0 Å². The number of hydrogen-bond donors (Lipinski definition) is 0. The first-order chi connectivity index (χ1) is 10.8. The number of nitrogens with zero attached hydrogens (tertiary/aromatic N) is 5. The molecule has 0 saturated heterocycles. The maximum absolute atomic E-state index is 9.17. The number of aryl methyl sites for hydroxylation is 1. The average molecular weight is 289 g/mol. The highest BCUT2D eigenvalue weighted by Gasteiger charge is 2.09. The van der Waals surface area contributed by atoms with Gasteiger partial charge in [-0.05, 0) is 34.5 Å². The summed E-state index contributed by atoms with van der Waals surface area (Å²) in [6, 6.07) is 18.0. The van der Waals surface area contributed by atoms with Crippen LogP contribution in [-0.4, -0.2) is 20.2 Å². The molecule has 0 radical (unpaired) electrons. The molecule has 3 aromatic rings. The molecule has 0 bridgehead atoms.